The summed E-state index contributed by atoms with van der Waals surface area (Å²) in [6.45, 7) is 8.11. The number of halogens is 1. The highest BCUT2D eigenvalue weighted by Gasteiger charge is 2.18. The molecule has 0 atom stereocenters. The van der Waals surface area contributed by atoms with Gasteiger partial charge in [-0.2, -0.15) is 5.10 Å². The van der Waals surface area contributed by atoms with E-state index in [9.17, 15) is 4.39 Å². The van der Waals surface area contributed by atoms with E-state index in [0.29, 0.717) is 48.0 Å². The SMILES string of the molecule is CN=C(NCc1ccccc1)c1c(C)cc(OCC2CCNCC2)cc1F.Nc1n[nH]c2cc(OCC3CCNCC3)cc(-c3ccccc3)c12. The van der Waals surface area contributed by atoms with Crippen LogP contribution in [0.5, 0.6) is 11.5 Å². The van der Waals surface area contributed by atoms with E-state index in [1.807, 2.05) is 67.6 Å². The third kappa shape index (κ3) is 9.65. The maximum atomic E-state index is 14.8. The molecule has 9 nitrogen and oxygen atoms in total. The Morgan fingerprint density at radius 1 is 0.843 bits per heavy atom. The van der Waals surface area contributed by atoms with Gasteiger partial charge in [-0.3, -0.25) is 10.1 Å². The molecule has 2 aliphatic heterocycles. The first kappa shape index (κ1) is 35.9. The van der Waals surface area contributed by atoms with Crippen molar-refractivity contribution < 1.29 is 13.9 Å². The summed E-state index contributed by atoms with van der Waals surface area (Å²) in [5.74, 6) is 3.38. The molecule has 10 heteroatoms. The van der Waals surface area contributed by atoms with Gasteiger partial charge in [0.25, 0.3) is 0 Å². The Morgan fingerprint density at radius 3 is 2.02 bits per heavy atom. The van der Waals surface area contributed by atoms with Gasteiger partial charge in [0.15, 0.2) is 5.82 Å². The third-order valence-electron chi connectivity index (χ3n) is 9.66. The van der Waals surface area contributed by atoms with Gasteiger partial charge >= 0.3 is 0 Å². The molecule has 4 aromatic carbocycles. The molecule has 1 aromatic heterocycles. The predicted octanol–water partition coefficient (Wildman–Crippen LogP) is 6.87. The lowest BCUT2D eigenvalue weighted by Gasteiger charge is -2.23. The maximum Gasteiger partial charge on any atom is 0.153 e. The van der Waals surface area contributed by atoms with Crippen LogP contribution in [0.25, 0.3) is 22.0 Å². The van der Waals surface area contributed by atoms with Crippen LogP contribution in [-0.2, 0) is 6.54 Å². The van der Waals surface area contributed by atoms with Crippen LogP contribution in [0, 0.1) is 24.6 Å². The minimum absolute atomic E-state index is 0.309. The molecule has 0 amide bonds. The van der Waals surface area contributed by atoms with Crippen molar-refractivity contribution in [3.8, 4) is 22.6 Å². The first-order valence-corrected chi connectivity index (χ1v) is 18.0. The fourth-order valence-electron chi connectivity index (χ4n) is 6.77. The molecule has 0 aliphatic carbocycles. The Bertz CT molecular complexity index is 1840. The van der Waals surface area contributed by atoms with E-state index in [-0.39, 0.29) is 5.82 Å². The summed E-state index contributed by atoms with van der Waals surface area (Å²) in [6, 6.07) is 27.7. The summed E-state index contributed by atoms with van der Waals surface area (Å²) in [5, 5.41) is 18.1. The van der Waals surface area contributed by atoms with E-state index >= 15 is 0 Å². The van der Waals surface area contributed by atoms with Gasteiger partial charge in [-0.15, -0.1) is 0 Å². The molecule has 2 fully saturated rings. The summed E-state index contributed by atoms with van der Waals surface area (Å²) in [4.78, 5) is 4.26. The number of piperidine rings is 2. The zero-order chi connectivity index (χ0) is 35.4. The molecule has 6 N–H and O–H groups in total. The molecular formula is C41H50FN7O2. The molecule has 3 heterocycles. The van der Waals surface area contributed by atoms with Gasteiger partial charge < -0.3 is 31.2 Å². The van der Waals surface area contributed by atoms with Gasteiger partial charge in [0, 0.05) is 25.7 Å². The fraction of sp³-hybridized carbons (Fsp3) is 0.366. The first-order chi connectivity index (χ1) is 25.0. The summed E-state index contributed by atoms with van der Waals surface area (Å²) < 4.78 is 26.8. The Balaban J connectivity index is 0.000000177. The van der Waals surface area contributed by atoms with Crippen molar-refractivity contribution in [1.82, 2.24) is 26.1 Å². The zero-order valence-corrected chi connectivity index (χ0v) is 29.7. The molecule has 5 aromatic rings. The fourth-order valence-corrected chi connectivity index (χ4v) is 6.77. The number of nitrogens with zero attached hydrogens (tertiary/aromatic N) is 2. The molecule has 0 saturated carbocycles. The topological polar surface area (TPSA) is 122 Å². The van der Waals surface area contributed by atoms with Crippen LogP contribution in [-0.4, -0.2) is 62.5 Å². The second-order valence-electron chi connectivity index (χ2n) is 13.4. The van der Waals surface area contributed by atoms with Crippen molar-refractivity contribution in [2.24, 2.45) is 16.8 Å². The smallest absolute Gasteiger partial charge is 0.153 e. The van der Waals surface area contributed by atoms with E-state index in [0.717, 1.165) is 84.5 Å². The zero-order valence-electron chi connectivity index (χ0n) is 29.7. The molecule has 268 valence electrons. The highest BCUT2D eigenvalue weighted by atomic mass is 19.1. The summed E-state index contributed by atoms with van der Waals surface area (Å²) in [7, 11) is 1.67. The molecule has 0 unspecified atom stereocenters. The largest absolute Gasteiger partial charge is 0.493 e. The van der Waals surface area contributed by atoms with Crippen LogP contribution >= 0.6 is 0 Å². The first-order valence-electron chi connectivity index (χ1n) is 18.0. The number of aromatic nitrogens is 2. The normalized spacial score (nSPS) is 15.6. The number of hydrogen-bond acceptors (Lipinski definition) is 7. The van der Waals surface area contributed by atoms with Crippen molar-refractivity contribution >= 4 is 22.6 Å². The Labute approximate surface area is 300 Å². The van der Waals surface area contributed by atoms with Gasteiger partial charge in [-0.05, 0) is 105 Å². The standard InChI is InChI=1S/C22H28FN3O.C19H22N4O/c1-16-12-19(27-15-18-8-10-25-11-9-18)13-20(23)21(16)22(24-2)26-14-17-6-4-3-5-7-17;20-19-18-16(14-4-2-1-3-5-14)10-15(11-17(18)22-23-19)24-12-13-6-8-21-9-7-13/h3-7,12-13,18,25H,8-11,14-15H2,1-2H3,(H,24,26);1-5,10-11,13,21H,6-9,12H2,(H3,20,22,23). The number of fused-ring (bicyclic) bond motifs is 1. The number of rotatable bonds is 10. The van der Waals surface area contributed by atoms with E-state index in [1.165, 1.54) is 18.9 Å². The average molecular weight is 692 g/mol. The number of ether oxygens (including phenoxy) is 2. The molecule has 7 rings (SSSR count). The lowest BCUT2D eigenvalue weighted by molar-refractivity contribution is 0.214. The summed E-state index contributed by atoms with van der Waals surface area (Å²) in [6.07, 6.45) is 4.56. The highest BCUT2D eigenvalue weighted by molar-refractivity contribution is 6.02. The second-order valence-corrected chi connectivity index (χ2v) is 13.4. The lowest BCUT2D eigenvalue weighted by Crippen LogP contribution is -2.30. The number of hydrogen-bond donors (Lipinski definition) is 5. The van der Waals surface area contributed by atoms with Crippen molar-refractivity contribution in [1.29, 1.82) is 0 Å². The Morgan fingerprint density at radius 2 is 1.43 bits per heavy atom. The van der Waals surface area contributed by atoms with Gasteiger partial charge in [0.1, 0.15) is 23.2 Å². The number of aromatic amines is 1. The highest BCUT2D eigenvalue weighted by Crippen LogP contribution is 2.35. The number of nitrogens with one attached hydrogen (secondary N) is 4. The Kier molecular flexibility index (Phi) is 12.5. The van der Waals surface area contributed by atoms with E-state index in [2.05, 4.69) is 49.3 Å². The maximum absolute atomic E-state index is 14.8. The van der Waals surface area contributed by atoms with Gasteiger partial charge in [0.2, 0.25) is 0 Å². The van der Waals surface area contributed by atoms with Crippen molar-refractivity contribution in [3.05, 3.63) is 107 Å². The predicted molar refractivity (Wildman–Crippen MR) is 205 cm³/mol. The minimum Gasteiger partial charge on any atom is -0.493 e. The van der Waals surface area contributed by atoms with E-state index < -0.39 is 0 Å². The van der Waals surface area contributed by atoms with Gasteiger partial charge in [-0.25, -0.2) is 4.39 Å². The molecule has 0 radical (unpaired) electrons. The number of nitrogens with two attached hydrogens (primary N) is 1. The monoisotopic (exact) mass is 691 g/mol. The quantitative estimate of drug-likeness (QED) is 0.0801. The van der Waals surface area contributed by atoms with Crippen LogP contribution in [0.3, 0.4) is 0 Å². The lowest BCUT2D eigenvalue weighted by atomic mass is 9.99. The molecule has 2 aliphatic rings. The van der Waals surface area contributed by atoms with Gasteiger partial charge in [0.05, 0.1) is 29.7 Å². The van der Waals surface area contributed by atoms with Crippen LogP contribution in [0.4, 0.5) is 10.2 Å². The van der Waals surface area contributed by atoms with Crippen LogP contribution in [0.2, 0.25) is 0 Å². The average Bonchev–Trinajstić information content (AvgIpc) is 3.55. The number of aliphatic imine (C=N–C) groups is 1. The molecule has 2 saturated heterocycles. The Hall–Kier alpha value is -4.93. The molecule has 0 bridgehead atoms. The summed E-state index contributed by atoms with van der Waals surface area (Å²) >= 11 is 0. The van der Waals surface area contributed by atoms with Crippen LogP contribution < -0.4 is 31.2 Å². The van der Waals surface area contributed by atoms with Crippen LogP contribution in [0.15, 0.2) is 89.9 Å². The van der Waals surface area contributed by atoms with Crippen molar-refractivity contribution in [2.75, 3.05) is 52.2 Å². The number of amidine groups is 1. The van der Waals surface area contributed by atoms with E-state index in [4.69, 9.17) is 15.2 Å². The number of anilines is 1. The van der Waals surface area contributed by atoms with Crippen molar-refractivity contribution in [3.63, 3.8) is 0 Å². The number of H-pyrrole nitrogens is 1. The molecule has 51 heavy (non-hydrogen) atoms. The minimum atomic E-state index is -0.309. The number of aryl methyl sites for hydroxylation is 1. The van der Waals surface area contributed by atoms with Crippen LogP contribution in [0.1, 0.15) is 42.4 Å². The second kappa shape index (κ2) is 17.8. The summed E-state index contributed by atoms with van der Waals surface area (Å²) in [5.41, 5.74) is 11.6. The number of nitrogen functional groups attached to an aromatic ring is 1. The van der Waals surface area contributed by atoms with Gasteiger partial charge in [-0.1, -0.05) is 60.7 Å². The van der Waals surface area contributed by atoms with E-state index in [1.54, 1.807) is 7.05 Å². The van der Waals surface area contributed by atoms with Crippen molar-refractivity contribution in [2.45, 2.75) is 39.2 Å². The number of benzene rings is 4. The molecular weight excluding hydrogens is 641 g/mol. The third-order valence-corrected chi connectivity index (χ3v) is 9.66. The molecule has 0 spiro atoms.